The highest BCUT2D eigenvalue weighted by Crippen LogP contribution is 2.10. The van der Waals surface area contributed by atoms with E-state index in [0.29, 0.717) is 6.04 Å². The monoisotopic (exact) mass is 129 g/mol. The Morgan fingerprint density at radius 1 is 1.89 bits per heavy atom. The summed E-state index contributed by atoms with van der Waals surface area (Å²) < 4.78 is 0. The lowest BCUT2D eigenvalue weighted by Crippen LogP contribution is -2.24. The van der Waals surface area contributed by atoms with Crippen molar-refractivity contribution < 1.29 is 6.22 Å². The molecule has 1 atom stereocenters. The highest BCUT2D eigenvalue weighted by Gasteiger charge is 2.18. The van der Waals surface area contributed by atoms with Gasteiger partial charge >= 0.3 is 0 Å². The van der Waals surface area contributed by atoms with Gasteiger partial charge in [-0.3, -0.25) is 4.79 Å². The first-order chi connectivity index (χ1) is 4.33. The maximum atomic E-state index is 10.6. The van der Waals surface area contributed by atoms with Gasteiger partial charge < -0.3 is 5.32 Å². The Kier molecular flexibility index (Phi) is 2.09. The Morgan fingerprint density at radius 3 is 3.11 bits per heavy atom. The molecule has 1 fully saturated rings. The smallest absolute Gasteiger partial charge is 0.220 e. The van der Waals surface area contributed by atoms with Gasteiger partial charge in [-0.2, -0.15) is 0 Å². The molecule has 1 heterocycles. The lowest BCUT2D eigenvalue weighted by atomic mass is 10.1. The molecule has 0 bridgehead atoms. The lowest BCUT2D eigenvalue weighted by Gasteiger charge is -2.05. The van der Waals surface area contributed by atoms with Crippen molar-refractivity contribution >= 4 is 5.91 Å². The second-order valence-electron chi connectivity index (χ2n) is 2.59. The van der Waals surface area contributed by atoms with Gasteiger partial charge in [0.25, 0.3) is 0 Å². The highest BCUT2D eigenvalue weighted by atomic mass is 16.1. The summed E-state index contributed by atoms with van der Waals surface area (Å²) in [7, 11) is 0. The summed E-state index contributed by atoms with van der Waals surface area (Å²) >= 11 is 0. The summed E-state index contributed by atoms with van der Waals surface area (Å²) in [4.78, 5) is 10.6. The van der Waals surface area contributed by atoms with E-state index in [-0.39, 0.29) is 7.33 Å². The molecule has 1 aliphatic heterocycles. The van der Waals surface area contributed by atoms with Crippen LogP contribution < -0.4 is 5.32 Å². The van der Waals surface area contributed by atoms with Crippen molar-refractivity contribution in [2.75, 3.05) is 0 Å². The molecule has 0 aliphatic carbocycles. The maximum Gasteiger partial charge on any atom is 0.220 e. The molecule has 0 aromatic rings. The van der Waals surface area contributed by atoms with E-state index in [1.54, 1.807) is 0 Å². The molecule has 1 saturated heterocycles. The number of nitrogens with one attached hydrogen (secondary N) is 1. The SMILES string of the molecule is CCCC1CCC(=O)N1.[HH]. The summed E-state index contributed by atoms with van der Waals surface area (Å²) in [6.07, 6.45) is 4.11. The molecule has 9 heavy (non-hydrogen) atoms. The molecule has 0 spiro atoms. The predicted octanol–water partition coefficient (Wildman–Crippen LogP) is 1.31. The van der Waals surface area contributed by atoms with Gasteiger partial charge in [0, 0.05) is 13.9 Å². The Labute approximate surface area is 57.1 Å². The summed E-state index contributed by atoms with van der Waals surface area (Å²) in [5.41, 5.74) is 0. The minimum atomic E-state index is 0. The quantitative estimate of drug-likeness (QED) is 0.598. The first-order valence-corrected chi connectivity index (χ1v) is 3.62. The van der Waals surface area contributed by atoms with Crippen LogP contribution in [0.2, 0.25) is 0 Å². The van der Waals surface area contributed by atoms with Crippen LogP contribution in [0.5, 0.6) is 0 Å². The fourth-order valence-corrected chi connectivity index (χ4v) is 1.24. The van der Waals surface area contributed by atoms with E-state index >= 15 is 0 Å². The van der Waals surface area contributed by atoms with Crippen molar-refractivity contribution in [3.63, 3.8) is 0 Å². The molecular weight excluding hydrogens is 114 g/mol. The molecule has 0 saturated carbocycles. The van der Waals surface area contributed by atoms with E-state index < -0.39 is 0 Å². The van der Waals surface area contributed by atoms with Crippen LogP contribution in [0.25, 0.3) is 0 Å². The minimum Gasteiger partial charge on any atom is -0.353 e. The average molecular weight is 129 g/mol. The third kappa shape index (κ3) is 1.70. The topological polar surface area (TPSA) is 29.1 Å². The molecule has 54 valence electrons. The van der Waals surface area contributed by atoms with Crippen LogP contribution in [0.4, 0.5) is 0 Å². The number of rotatable bonds is 2. The van der Waals surface area contributed by atoms with Gasteiger partial charge in [0.15, 0.2) is 0 Å². The lowest BCUT2D eigenvalue weighted by molar-refractivity contribution is -0.119. The molecule has 0 aromatic carbocycles. The number of carbonyl (C=O) groups is 1. The predicted molar refractivity (Wildman–Crippen MR) is 38.2 cm³/mol. The van der Waals surface area contributed by atoms with E-state index in [9.17, 15) is 4.79 Å². The van der Waals surface area contributed by atoms with E-state index in [0.717, 1.165) is 19.3 Å². The van der Waals surface area contributed by atoms with Gasteiger partial charge in [-0.15, -0.1) is 0 Å². The van der Waals surface area contributed by atoms with Gasteiger partial charge in [-0.1, -0.05) is 13.3 Å². The fourth-order valence-electron chi connectivity index (χ4n) is 1.24. The molecule has 1 N–H and O–H groups in total. The Bertz CT molecular complexity index is 116. The number of amides is 1. The molecule has 0 radical (unpaired) electrons. The van der Waals surface area contributed by atoms with Crippen molar-refractivity contribution in [2.24, 2.45) is 0 Å². The van der Waals surface area contributed by atoms with E-state index in [1.165, 1.54) is 6.42 Å². The second kappa shape index (κ2) is 2.85. The fraction of sp³-hybridized carbons (Fsp3) is 0.857. The molecule has 1 aliphatic rings. The number of carbonyl (C=O) groups excluding carboxylic acids is 1. The molecular formula is C7H15NO. The maximum absolute atomic E-state index is 10.6. The van der Waals surface area contributed by atoms with Crippen LogP contribution in [0, 0.1) is 0 Å². The van der Waals surface area contributed by atoms with Crippen molar-refractivity contribution in [3.05, 3.63) is 0 Å². The first-order valence-electron chi connectivity index (χ1n) is 3.62. The van der Waals surface area contributed by atoms with Crippen LogP contribution in [0.3, 0.4) is 0 Å². The van der Waals surface area contributed by atoms with Gasteiger partial charge in [0.2, 0.25) is 5.91 Å². The van der Waals surface area contributed by atoms with Crippen LogP contribution in [0.15, 0.2) is 0 Å². The Morgan fingerprint density at radius 2 is 2.67 bits per heavy atom. The zero-order valence-electron chi connectivity index (χ0n) is 5.81. The normalized spacial score (nSPS) is 26.3. The van der Waals surface area contributed by atoms with Crippen LogP contribution in [-0.4, -0.2) is 11.9 Å². The molecule has 1 unspecified atom stereocenters. The van der Waals surface area contributed by atoms with Gasteiger partial charge in [-0.05, 0) is 12.8 Å². The molecule has 1 rings (SSSR count). The van der Waals surface area contributed by atoms with Crippen molar-refractivity contribution in [2.45, 2.75) is 38.6 Å². The molecule has 0 aromatic heterocycles. The standard InChI is InChI=1S/C7H13NO.H2/c1-2-3-6-4-5-7(9)8-6;/h6H,2-5H2,1H3,(H,8,9);1H. The summed E-state index contributed by atoms with van der Waals surface area (Å²) in [5.74, 6) is 0.230. The largest absolute Gasteiger partial charge is 0.353 e. The van der Waals surface area contributed by atoms with Crippen LogP contribution >= 0.6 is 0 Å². The highest BCUT2D eigenvalue weighted by molar-refractivity contribution is 5.78. The van der Waals surface area contributed by atoms with Crippen molar-refractivity contribution in [1.29, 1.82) is 0 Å². The third-order valence-corrected chi connectivity index (χ3v) is 1.72. The number of hydrogen-bond donors (Lipinski definition) is 1. The summed E-state index contributed by atoms with van der Waals surface area (Å²) in [6.45, 7) is 2.14. The zero-order chi connectivity index (χ0) is 6.69. The number of hydrogen-bond acceptors (Lipinski definition) is 1. The Balaban J connectivity index is 0.000000810. The second-order valence-corrected chi connectivity index (χ2v) is 2.59. The van der Waals surface area contributed by atoms with E-state index in [2.05, 4.69) is 12.2 Å². The first kappa shape index (κ1) is 6.59. The molecule has 2 nitrogen and oxygen atoms in total. The minimum absolute atomic E-state index is 0. The average Bonchev–Trinajstić information content (AvgIpc) is 2.17. The van der Waals surface area contributed by atoms with Crippen LogP contribution in [-0.2, 0) is 4.79 Å². The van der Waals surface area contributed by atoms with Crippen molar-refractivity contribution in [1.82, 2.24) is 5.32 Å². The van der Waals surface area contributed by atoms with E-state index in [4.69, 9.17) is 0 Å². The van der Waals surface area contributed by atoms with Gasteiger partial charge in [0.1, 0.15) is 0 Å². The van der Waals surface area contributed by atoms with E-state index in [1.807, 2.05) is 0 Å². The van der Waals surface area contributed by atoms with Crippen LogP contribution in [0.1, 0.15) is 34.0 Å². The molecule has 2 heteroatoms. The van der Waals surface area contributed by atoms with Gasteiger partial charge in [-0.25, -0.2) is 0 Å². The Hall–Kier alpha value is -0.530. The summed E-state index contributed by atoms with van der Waals surface area (Å²) in [6, 6.07) is 0.488. The molecule has 1 amide bonds. The zero-order valence-corrected chi connectivity index (χ0v) is 5.81. The van der Waals surface area contributed by atoms with Crippen molar-refractivity contribution in [3.8, 4) is 0 Å². The third-order valence-electron chi connectivity index (χ3n) is 1.72. The summed E-state index contributed by atoms with van der Waals surface area (Å²) in [5, 5.41) is 2.92. The van der Waals surface area contributed by atoms with Gasteiger partial charge in [0.05, 0.1) is 0 Å².